The molecular weight excluding hydrogens is 463 g/mol. The number of anilines is 2. The van der Waals surface area contributed by atoms with E-state index in [1.165, 1.54) is 0 Å². The molecule has 6 rings (SSSR count). The third kappa shape index (κ3) is 4.19. The maximum Gasteiger partial charge on any atom is 0.227 e. The average Bonchev–Trinajstić information content (AvgIpc) is 3.47. The highest BCUT2D eigenvalue weighted by molar-refractivity contribution is 6.32. The van der Waals surface area contributed by atoms with E-state index >= 15 is 0 Å². The van der Waals surface area contributed by atoms with E-state index in [9.17, 15) is 5.11 Å². The van der Waals surface area contributed by atoms with Gasteiger partial charge in [0.05, 0.1) is 48.8 Å². The summed E-state index contributed by atoms with van der Waals surface area (Å²) in [5, 5.41) is 20.0. The SMILES string of the molecule is O[C@@H]1COCC1N1CCC(c2cc3nc(Nc4cnn(C5CC5)c4Cl)ncc3cc2Cl)CC1. The molecule has 2 aromatic heterocycles. The first-order valence-corrected chi connectivity index (χ1v) is 12.3. The number of ether oxygens (including phenoxy) is 1. The van der Waals surface area contributed by atoms with Crippen LogP contribution < -0.4 is 5.32 Å². The van der Waals surface area contributed by atoms with Gasteiger partial charge in [-0.15, -0.1) is 0 Å². The van der Waals surface area contributed by atoms with Crippen LogP contribution in [-0.2, 0) is 4.74 Å². The van der Waals surface area contributed by atoms with Crippen molar-refractivity contribution in [2.45, 2.75) is 49.8 Å². The van der Waals surface area contributed by atoms with E-state index in [1.54, 1.807) is 12.4 Å². The second-order valence-electron chi connectivity index (χ2n) is 9.26. The zero-order valence-corrected chi connectivity index (χ0v) is 19.6. The maximum absolute atomic E-state index is 10.1. The van der Waals surface area contributed by atoms with E-state index in [-0.39, 0.29) is 6.04 Å². The Bertz CT molecular complexity index is 1180. The number of benzene rings is 1. The molecule has 4 heterocycles. The number of likely N-dealkylation sites (tertiary alicyclic amines) is 1. The Morgan fingerprint density at radius 3 is 2.61 bits per heavy atom. The molecule has 33 heavy (non-hydrogen) atoms. The normalized spacial score (nSPS) is 24.6. The summed E-state index contributed by atoms with van der Waals surface area (Å²) in [6, 6.07) is 4.56. The number of aromatic nitrogens is 4. The van der Waals surface area contributed by atoms with Gasteiger partial charge in [0.25, 0.3) is 0 Å². The maximum atomic E-state index is 10.1. The topological polar surface area (TPSA) is 88.3 Å². The van der Waals surface area contributed by atoms with Crippen molar-refractivity contribution in [1.29, 1.82) is 0 Å². The fourth-order valence-electron chi connectivity index (χ4n) is 4.99. The highest BCUT2D eigenvalue weighted by atomic mass is 35.5. The predicted molar refractivity (Wildman–Crippen MR) is 128 cm³/mol. The number of piperidine rings is 1. The Hall–Kier alpha value is -1.97. The summed E-state index contributed by atoms with van der Waals surface area (Å²) in [4.78, 5) is 11.5. The second kappa shape index (κ2) is 8.67. The van der Waals surface area contributed by atoms with Gasteiger partial charge in [0, 0.05) is 16.6 Å². The van der Waals surface area contributed by atoms with Crippen LogP contribution in [0.5, 0.6) is 0 Å². The van der Waals surface area contributed by atoms with Crippen molar-refractivity contribution in [2.24, 2.45) is 0 Å². The van der Waals surface area contributed by atoms with E-state index in [1.807, 2.05) is 10.7 Å². The smallest absolute Gasteiger partial charge is 0.227 e. The van der Waals surface area contributed by atoms with Gasteiger partial charge in [-0.2, -0.15) is 5.10 Å². The Balaban J connectivity index is 1.20. The molecule has 3 fully saturated rings. The molecule has 1 aromatic carbocycles. The van der Waals surface area contributed by atoms with Crippen LogP contribution in [0.25, 0.3) is 10.9 Å². The zero-order chi connectivity index (χ0) is 22.5. The first-order chi connectivity index (χ1) is 16.1. The van der Waals surface area contributed by atoms with Crippen molar-refractivity contribution in [3.05, 3.63) is 40.3 Å². The lowest BCUT2D eigenvalue weighted by Crippen LogP contribution is -2.46. The Labute approximate surface area is 201 Å². The number of nitrogens with one attached hydrogen (secondary N) is 1. The highest BCUT2D eigenvalue weighted by Crippen LogP contribution is 2.39. The molecule has 2 atom stereocenters. The van der Waals surface area contributed by atoms with Crippen LogP contribution in [0.3, 0.4) is 0 Å². The number of hydrogen-bond donors (Lipinski definition) is 2. The number of fused-ring (bicyclic) bond motifs is 1. The summed E-state index contributed by atoms with van der Waals surface area (Å²) in [7, 11) is 0. The standard InChI is InChI=1S/C23H26Cl2N6O2/c24-17-7-14-9-26-23(29-19-10-27-31(22(19)25)15-1-2-15)28-18(14)8-16(17)13-3-5-30(6-4-13)20-11-33-12-21(20)32/h7-10,13,15,20-21,32H,1-6,11-12H2,(H,26,28,29)/t20?,21-/m1/s1. The van der Waals surface area contributed by atoms with Crippen LogP contribution in [0.15, 0.2) is 24.5 Å². The molecular formula is C23H26Cl2N6O2. The van der Waals surface area contributed by atoms with Gasteiger partial charge in [-0.1, -0.05) is 23.2 Å². The molecule has 0 amide bonds. The van der Waals surface area contributed by atoms with Crippen LogP contribution in [0.2, 0.25) is 10.2 Å². The van der Waals surface area contributed by atoms with E-state index in [2.05, 4.69) is 26.4 Å². The monoisotopic (exact) mass is 488 g/mol. The van der Waals surface area contributed by atoms with Crippen LogP contribution >= 0.6 is 23.2 Å². The van der Waals surface area contributed by atoms with Crippen molar-refractivity contribution in [1.82, 2.24) is 24.6 Å². The van der Waals surface area contributed by atoms with E-state index < -0.39 is 6.10 Å². The molecule has 174 valence electrons. The van der Waals surface area contributed by atoms with E-state index in [4.69, 9.17) is 32.9 Å². The summed E-state index contributed by atoms with van der Waals surface area (Å²) in [6.07, 6.45) is 7.32. The highest BCUT2D eigenvalue weighted by Gasteiger charge is 2.34. The summed E-state index contributed by atoms with van der Waals surface area (Å²) in [5.74, 6) is 0.841. The summed E-state index contributed by atoms with van der Waals surface area (Å²) in [6.45, 7) is 2.89. The van der Waals surface area contributed by atoms with Crippen LogP contribution in [0.4, 0.5) is 11.6 Å². The van der Waals surface area contributed by atoms with Gasteiger partial charge < -0.3 is 15.2 Å². The van der Waals surface area contributed by atoms with E-state index in [0.717, 1.165) is 60.3 Å². The van der Waals surface area contributed by atoms with Crippen molar-refractivity contribution >= 4 is 45.7 Å². The zero-order valence-electron chi connectivity index (χ0n) is 18.1. The van der Waals surface area contributed by atoms with Crippen LogP contribution in [0, 0.1) is 0 Å². The van der Waals surface area contributed by atoms with Crippen molar-refractivity contribution in [3.63, 3.8) is 0 Å². The fraction of sp³-hybridized carbons (Fsp3) is 0.522. The van der Waals surface area contributed by atoms with Gasteiger partial charge in [-0.05, 0) is 62.4 Å². The number of aliphatic hydroxyl groups is 1. The Kier molecular flexibility index (Phi) is 5.66. The molecule has 3 aliphatic rings. The van der Waals surface area contributed by atoms with Crippen molar-refractivity contribution in [3.8, 4) is 0 Å². The Morgan fingerprint density at radius 2 is 1.88 bits per heavy atom. The third-order valence-corrected chi connectivity index (χ3v) is 7.74. The minimum atomic E-state index is -0.390. The van der Waals surface area contributed by atoms with Gasteiger partial charge in [0.15, 0.2) is 5.15 Å². The molecule has 0 radical (unpaired) electrons. The molecule has 1 aliphatic carbocycles. The van der Waals surface area contributed by atoms with Gasteiger partial charge in [-0.25, -0.2) is 14.6 Å². The average molecular weight is 489 g/mol. The van der Waals surface area contributed by atoms with Gasteiger partial charge in [0.1, 0.15) is 0 Å². The lowest BCUT2D eigenvalue weighted by molar-refractivity contribution is 0.0663. The lowest BCUT2D eigenvalue weighted by Gasteiger charge is -2.36. The predicted octanol–water partition coefficient (Wildman–Crippen LogP) is 4.15. The van der Waals surface area contributed by atoms with Gasteiger partial charge in [0.2, 0.25) is 5.95 Å². The van der Waals surface area contributed by atoms with Gasteiger partial charge in [-0.3, -0.25) is 4.90 Å². The number of halogens is 2. The van der Waals surface area contributed by atoms with Crippen molar-refractivity contribution in [2.75, 3.05) is 31.6 Å². The summed E-state index contributed by atoms with van der Waals surface area (Å²) < 4.78 is 7.29. The molecule has 10 heteroatoms. The molecule has 2 N–H and O–H groups in total. The molecule has 3 aromatic rings. The first-order valence-electron chi connectivity index (χ1n) is 11.5. The van der Waals surface area contributed by atoms with E-state index in [0.29, 0.717) is 42.0 Å². The van der Waals surface area contributed by atoms with Crippen molar-refractivity contribution < 1.29 is 9.84 Å². The Morgan fingerprint density at radius 1 is 1.06 bits per heavy atom. The first kappa shape index (κ1) is 21.6. The minimum absolute atomic E-state index is 0.107. The molecule has 2 aliphatic heterocycles. The molecule has 1 saturated carbocycles. The molecule has 1 unspecified atom stereocenters. The largest absolute Gasteiger partial charge is 0.389 e. The molecule has 0 spiro atoms. The number of hydrogen-bond acceptors (Lipinski definition) is 7. The minimum Gasteiger partial charge on any atom is -0.389 e. The van der Waals surface area contributed by atoms with Crippen LogP contribution in [0.1, 0.15) is 43.2 Å². The fourth-order valence-corrected chi connectivity index (χ4v) is 5.59. The number of nitrogens with zero attached hydrogens (tertiary/aromatic N) is 5. The summed E-state index contributed by atoms with van der Waals surface area (Å²) in [5.41, 5.74) is 2.68. The number of aliphatic hydroxyl groups excluding tert-OH is 1. The molecule has 8 nitrogen and oxygen atoms in total. The van der Waals surface area contributed by atoms with Gasteiger partial charge >= 0.3 is 0 Å². The van der Waals surface area contributed by atoms with Crippen LogP contribution in [-0.4, -0.2) is 68.2 Å². The third-order valence-electron chi connectivity index (χ3n) is 7.03. The second-order valence-corrected chi connectivity index (χ2v) is 10.0. The number of rotatable bonds is 5. The quantitative estimate of drug-likeness (QED) is 0.557. The lowest BCUT2D eigenvalue weighted by atomic mass is 9.88. The molecule has 2 saturated heterocycles. The molecule has 0 bridgehead atoms. The summed E-state index contributed by atoms with van der Waals surface area (Å²) >= 11 is 13.2.